The van der Waals surface area contributed by atoms with Crippen LogP contribution in [0.3, 0.4) is 0 Å². The second-order valence-electron chi connectivity index (χ2n) is 7.63. The standard InChI is InChI=1S/C20H26N2O3/c23-18(16-7-2-1-3-8-16)21-13-11-20(15-21)10-6-9-17(20)19(24)22-12-4-5-14-25-22/h1-3,7-8,17H,4-6,9-15H2. The van der Waals surface area contributed by atoms with E-state index in [9.17, 15) is 9.59 Å². The van der Waals surface area contributed by atoms with Gasteiger partial charge in [0, 0.05) is 36.5 Å². The zero-order valence-corrected chi connectivity index (χ0v) is 14.7. The molecule has 5 heteroatoms. The highest BCUT2D eigenvalue weighted by atomic mass is 16.7. The first-order valence-electron chi connectivity index (χ1n) is 9.48. The molecule has 1 aliphatic carbocycles. The van der Waals surface area contributed by atoms with Crippen LogP contribution in [0, 0.1) is 11.3 Å². The largest absolute Gasteiger partial charge is 0.338 e. The molecule has 25 heavy (non-hydrogen) atoms. The number of carbonyl (C=O) groups excluding carboxylic acids is 2. The van der Waals surface area contributed by atoms with Crippen molar-refractivity contribution in [3.05, 3.63) is 35.9 Å². The number of hydrogen-bond acceptors (Lipinski definition) is 3. The van der Waals surface area contributed by atoms with E-state index >= 15 is 0 Å². The van der Waals surface area contributed by atoms with Gasteiger partial charge in [0.15, 0.2) is 0 Å². The van der Waals surface area contributed by atoms with Gasteiger partial charge in [0.25, 0.3) is 5.91 Å². The second kappa shape index (κ2) is 6.79. The quantitative estimate of drug-likeness (QED) is 0.830. The number of amides is 2. The number of likely N-dealkylation sites (tertiary alicyclic amines) is 1. The van der Waals surface area contributed by atoms with Crippen molar-refractivity contribution in [2.75, 3.05) is 26.2 Å². The van der Waals surface area contributed by atoms with Gasteiger partial charge in [0.1, 0.15) is 0 Å². The molecule has 0 aromatic heterocycles. The van der Waals surface area contributed by atoms with Gasteiger partial charge in [0.05, 0.1) is 6.61 Å². The maximum absolute atomic E-state index is 13.0. The third-order valence-electron chi connectivity index (χ3n) is 6.15. The van der Waals surface area contributed by atoms with Crippen LogP contribution in [0.15, 0.2) is 30.3 Å². The lowest BCUT2D eigenvalue weighted by Crippen LogP contribution is -2.45. The minimum absolute atomic E-state index is 0.000765. The van der Waals surface area contributed by atoms with Crippen molar-refractivity contribution in [2.24, 2.45) is 11.3 Å². The van der Waals surface area contributed by atoms with E-state index in [-0.39, 0.29) is 23.1 Å². The zero-order valence-electron chi connectivity index (χ0n) is 14.7. The van der Waals surface area contributed by atoms with Gasteiger partial charge in [-0.2, -0.15) is 0 Å². The van der Waals surface area contributed by atoms with Crippen LogP contribution in [0.1, 0.15) is 48.9 Å². The molecule has 2 amide bonds. The molecule has 2 atom stereocenters. The summed E-state index contributed by atoms with van der Waals surface area (Å²) < 4.78 is 0. The lowest BCUT2D eigenvalue weighted by Gasteiger charge is -2.35. The van der Waals surface area contributed by atoms with Crippen molar-refractivity contribution < 1.29 is 14.4 Å². The predicted octanol–water partition coefficient (Wildman–Crippen LogP) is 2.87. The molecule has 134 valence electrons. The van der Waals surface area contributed by atoms with Crippen LogP contribution < -0.4 is 0 Å². The van der Waals surface area contributed by atoms with E-state index in [2.05, 4.69) is 0 Å². The van der Waals surface area contributed by atoms with Gasteiger partial charge in [-0.05, 0) is 44.2 Å². The van der Waals surface area contributed by atoms with Crippen LogP contribution in [0.5, 0.6) is 0 Å². The van der Waals surface area contributed by atoms with Gasteiger partial charge in [-0.15, -0.1) is 0 Å². The van der Waals surface area contributed by atoms with Crippen molar-refractivity contribution >= 4 is 11.8 Å². The van der Waals surface area contributed by atoms with Crippen molar-refractivity contribution in [3.63, 3.8) is 0 Å². The number of carbonyl (C=O) groups is 2. The molecule has 2 saturated heterocycles. The molecule has 2 heterocycles. The van der Waals surface area contributed by atoms with Crippen molar-refractivity contribution in [2.45, 2.75) is 38.5 Å². The van der Waals surface area contributed by atoms with Gasteiger partial charge in [-0.25, -0.2) is 5.06 Å². The average Bonchev–Trinajstić information content (AvgIpc) is 3.29. The zero-order chi connectivity index (χ0) is 17.3. The smallest absolute Gasteiger partial charge is 0.253 e. The molecule has 3 aliphatic rings. The Labute approximate surface area is 148 Å². The van der Waals surface area contributed by atoms with Gasteiger partial charge >= 0.3 is 0 Å². The fourth-order valence-corrected chi connectivity index (χ4v) is 4.79. The van der Waals surface area contributed by atoms with Crippen LogP contribution in [0.2, 0.25) is 0 Å². The highest BCUT2D eigenvalue weighted by molar-refractivity contribution is 5.94. The molecule has 2 unspecified atom stereocenters. The van der Waals surface area contributed by atoms with Gasteiger partial charge in [-0.1, -0.05) is 24.6 Å². The summed E-state index contributed by atoms with van der Waals surface area (Å²) >= 11 is 0. The topological polar surface area (TPSA) is 49.9 Å². The minimum Gasteiger partial charge on any atom is -0.338 e. The second-order valence-corrected chi connectivity index (χ2v) is 7.63. The summed E-state index contributed by atoms with van der Waals surface area (Å²) in [7, 11) is 0. The van der Waals surface area contributed by atoms with E-state index in [0.29, 0.717) is 19.7 Å². The summed E-state index contributed by atoms with van der Waals surface area (Å²) in [6.45, 7) is 2.80. The Balaban J connectivity index is 1.48. The fraction of sp³-hybridized carbons (Fsp3) is 0.600. The van der Waals surface area contributed by atoms with Gasteiger partial charge < -0.3 is 4.90 Å². The summed E-state index contributed by atoms with van der Waals surface area (Å²) in [5, 5.41) is 1.60. The first kappa shape index (κ1) is 16.6. The average molecular weight is 342 g/mol. The van der Waals surface area contributed by atoms with E-state index in [0.717, 1.165) is 50.6 Å². The van der Waals surface area contributed by atoms with Crippen molar-refractivity contribution in [3.8, 4) is 0 Å². The maximum Gasteiger partial charge on any atom is 0.253 e. The Bertz CT molecular complexity index is 642. The summed E-state index contributed by atoms with van der Waals surface area (Å²) in [6, 6.07) is 9.45. The number of rotatable bonds is 2. The third-order valence-corrected chi connectivity index (χ3v) is 6.15. The Hall–Kier alpha value is -1.88. The molecular weight excluding hydrogens is 316 g/mol. The van der Waals surface area contributed by atoms with E-state index in [1.165, 1.54) is 0 Å². The number of nitrogens with zero attached hydrogens (tertiary/aromatic N) is 2. The first-order chi connectivity index (χ1) is 12.2. The lowest BCUT2D eigenvalue weighted by atomic mass is 9.76. The molecule has 0 N–H and O–H groups in total. The Kier molecular flexibility index (Phi) is 4.50. The van der Waals surface area contributed by atoms with Gasteiger partial charge in [-0.3, -0.25) is 14.4 Å². The maximum atomic E-state index is 13.0. The monoisotopic (exact) mass is 342 g/mol. The van der Waals surface area contributed by atoms with Gasteiger partial charge in [0.2, 0.25) is 5.91 Å². The van der Waals surface area contributed by atoms with E-state index < -0.39 is 0 Å². The van der Waals surface area contributed by atoms with Crippen LogP contribution in [-0.2, 0) is 9.63 Å². The first-order valence-corrected chi connectivity index (χ1v) is 9.48. The molecule has 1 spiro atoms. The van der Waals surface area contributed by atoms with Crippen molar-refractivity contribution in [1.29, 1.82) is 0 Å². The summed E-state index contributed by atoms with van der Waals surface area (Å²) in [5.41, 5.74) is 0.683. The SMILES string of the molecule is O=C(c1ccccc1)N1CCC2(CCCC2C(=O)N2CCCCO2)C1. The number of hydrogen-bond donors (Lipinski definition) is 0. The Morgan fingerprint density at radius 1 is 1.04 bits per heavy atom. The normalized spacial score (nSPS) is 29.4. The van der Waals surface area contributed by atoms with Crippen LogP contribution in [0.4, 0.5) is 0 Å². The molecule has 0 bridgehead atoms. The number of hydroxylamine groups is 2. The molecule has 4 rings (SSSR count). The fourth-order valence-electron chi connectivity index (χ4n) is 4.79. The van der Waals surface area contributed by atoms with E-state index in [4.69, 9.17) is 4.84 Å². The molecule has 1 aromatic carbocycles. The highest BCUT2D eigenvalue weighted by Gasteiger charge is 2.52. The highest BCUT2D eigenvalue weighted by Crippen LogP contribution is 2.50. The summed E-state index contributed by atoms with van der Waals surface area (Å²) in [4.78, 5) is 33.3. The van der Waals surface area contributed by atoms with E-state index in [1.807, 2.05) is 35.2 Å². The summed E-state index contributed by atoms with van der Waals surface area (Å²) in [6.07, 6.45) is 6.00. The Morgan fingerprint density at radius 3 is 2.64 bits per heavy atom. The van der Waals surface area contributed by atoms with Crippen LogP contribution in [-0.4, -0.2) is 48.0 Å². The predicted molar refractivity (Wildman–Crippen MR) is 93.6 cm³/mol. The molecule has 3 fully saturated rings. The van der Waals surface area contributed by atoms with E-state index in [1.54, 1.807) is 5.06 Å². The minimum atomic E-state index is -0.0532. The molecule has 1 aromatic rings. The molecule has 2 aliphatic heterocycles. The van der Waals surface area contributed by atoms with Crippen molar-refractivity contribution in [1.82, 2.24) is 9.96 Å². The lowest BCUT2D eigenvalue weighted by molar-refractivity contribution is -0.204. The molecular formula is C20H26N2O3. The van der Waals surface area contributed by atoms with Crippen LogP contribution >= 0.6 is 0 Å². The Morgan fingerprint density at radius 2 is 1.88 bits per heavy atom. The van der Waals surface area contributed by atoms with Crippen LogP contribution in [0.25, 0.3) is 0 Å². The third kappa shape index (κ3) is 3.06. The molecule has 0 radical (unpaired) electrons. The number of benzene rings is 1. The molecule has 1 saturated carbocycles. The summed E-state index contributed by atoms with van der Waals surface area (Å²) in [5.74, 6) is 0.232. The molecule has 5 nitrogen and oxygen atoms in total.